The molecular formula is C21H35NO4S. The first-order valence-corrected chi connectivity index (χ1v) is 11.1. The Labute approximate surface area is 166 Å². The normalized spacial score (nSPS) is 20.4. The first kappa shape index (κ1) is 22.5. The minimum Gasteiger partial charge on any atom is -0.392 e. The maximum absolute atomic E-state index is 12.6. The van der Waals surface area contributed by atoms with E-state index >= 15 is 0 Å². The van der Waals surface area contributed by atoms with Crippen LogP contribution in [0.15, 0.2) is 24.3 Å². The summed E-state index contributed by atoms with van der Waals surface area (Å²) < 4.78 is 27.0. The highest BCUT2D eigenvalue weighted by Gasteiger charge is 2.23. The van der Waals surface area contributed by atoms with Gasteiger partial charge in [0.15, 0.2) is 6.29 Å². The molecule has 0 saturated carbocycles. The summed E-state index contributed by atoms with van der Waals surface area (Å²) >= 11 is 0. The van der Waals surface area contributed by atoms with Crippen LogP contribution in [0.25, 0.3) is 0 Å². The quantitative estimate of drug-likeness (QED) is 0.593. The maximum Gasteiger partial charge on any atom is 0.157 e. The fourth-order valence-electron chi connectivity index (χ4n) is 3.09. The van der Waals surface area contributed by atoms with Crippen molar-refractivity contribution in [2.45, 2.75) is 83.0 Å². The second-order valence-corrected chi connectivity index (χ2v) is 10.1. The van der Waals surface area contributed by atoms with E-state index in [0.29, 0.717) is 6.61 Å². The van der Waals surface area contributed by atoms with Gasteiger partial charge in [0.1, 0.15) is 0 Å². The molecule has 6 heteroatoms. The third kappa shape index (κ3) is 8.00. The molecule has 2 N–H and O–H groups in total. The van der Waals surface area contributed by atoms with Gasteiger partial charge in [-0.05, 0) is 70.4 Å². The van der Waals surface area contributed by atoms with Crippen molar-refractivity contribution in [2.75, 3.05) is 13.2 Å². The molecule has 1 saturated heterocycles. The lowest BCUT2D eigenvalue weighted by Crippen LogP contribution is -2.41. The predicted octanol–water partition coefficient (Wildman–Crippen LogP) is 3.47. The van der Waals surface area contributed by atoms with Gasteiger partial charge in [-0.15, -0.1) is 0 Å². The van der Waals surface area contributed by atoms with Gasteiger partial charge in [0.05, 0.1) is 22.3 Å². The largest absolute Gasteiger partial charge is 0.392 e. The van der Waals surface area contributed by atoms with Crippen molar-refractivity contribution in [1.29, 1.82) is 0 Å². The van der Waals surface area contributed by atoms with Crippen LogP contribution >= 0.6 is 0 Å². The Morgan fingerprint density at radius 3 is 2.67 bits per heavy atom. The van der Waals surface area contributed by atoms with Crippen LogP contribution < -0.4 is 4.72 Å². The molecule has 1 fully saturated rings. The van der Waals surface area contributed by atoms with Gasteiger partial charge in [-0.3, -0.25) is 0 Å². The number of aliphatic hydroxyl groups excluding tert-OH is 1. The average Bonchev–Trinajstić information content (AvgIpc) is 2.65. The Morgan fingerprint density at radius 1 is 1.30 bits per heavy atom. The fourth-order valence-corrected chi connectivity index (χ4v) is 3.95. The molecule has 154 valence electrons. The van der Waals surface area contributed by atoms with Crippen molar-refractivity contribution in [2.24, 2.45) is 0 Å². The molecule has 2 rings (SSSR count). The molecule has 1 aromatic carbocycles. The van der Waals surface area contributed by atoms with Crippen LogP contribution in [0.5, 0.6) is 0 Å². The topological polar surface area (TPSA) is 67.8 Å². The minimum absolute atomic E-state index is 0.0212. The zero-order valence-corrected chi connectivity index (χ0v) is 17.7. The molecule has 0 spiro atoms. The molecule has 0 radical (unpaired) electrons. The van der Waals surface area contributed by atoms with Crippen molar-refractivity contribution in [3.63, 3.8) is 0 Å². The summed E-state index contributed by atoms with van der Waals surface area (Å²) in [5.74, 6) is 0. The van der Waals surface area contributed by atoms with Gasteiger partial charge in [0, 0.05) is 19.3 Å². The van der Waals surface area contributed by atoms with E-state index < -0.39 is 11.0 Å². The first-order valence-electron chi connectivity index (χ1n) is 9.99. The van der Waals surface area contributed by atoms with Crippen molar-refractivity contribution in [1.82, 2.24) is 4.72 Å². The number of hydrogen-bond acceptors (Lipinski definition) is 4. The molecule has 3 atom stereocenters. The Hall–Kier alpha value is -0.790. The third-order valence-corrected chi connectivity index (χ3v) is 6.38. The van der Waals surface area contributed by atoms with E-state index in [4.69, 9.17) is 9.47 Å². The summed E-state index contributed by atoms with van der Waals surface area (Å²) in [6, 6.07) is 7.95. The summed E-state index contributed by atoms with van der Waals surface area (Å²) in [5.41, 5.74) is 2.03. The van der Waals surface area contributed by atoms with E-state index in [1.165, 1.54) is 0 Å². The SMILES string of the molecule is CC(C)(C)S(=O)N[C@@H](CCCOC1CCCCO1)Cc1ccccc1CO. The lowest BCUT2D eigenvalue weighted by atomic mass is 9.98. The summed E-state index contributed by atoms with van der Waals surface area (Å²) in [7, 11) is -1.14. The summed E-state index contributed by atoms with van der Waals surface area (Å²) in [4.78, 5) is 0. The molecule has 1 aliphatic rings. The Kier molecular flexibility index (Phi) is 9.39. The molecule has 0 amide bonds. The minimum atomic E-state index is -1.14. The number of aliphatic hydroxyl groups is 1. The van der Waals surface area contributed by atoms with E-state index in [-0.39, 0.29) is 23.7 Å². The zero-order chi connectivity index (χ0) is 19.7. The Bertz CT molecular complexity index is 582. The molecule has 0 aromatic heterocycles. The van der Waals surface area contributed by atoms with Crippen LogP contribution in [0, 0.1) is 0 Å². The van der Waals surface area contributed by atoms with Gasteiger partial charge in [-0.25, -0.2) is 8.93 Å². The highest BCUT2D eigenvalue weighted by Crippen LogP contribution is 2.18. The molecule has 0 aliphatic carbocycles. The van der Waals surface area contributed by atoms with Crippen molar-refractivity contribution in [3.8, 4) is 0 Å². The summed E-state index contributed by atoms with van der Waals surface area (Å²) in [6.07, 6.45) is 5.66. The molecule has 5 nitrogen and oxygen atoms in total. The van der Waals surface area contributed by atoms with Crippen molar-refractivity contribution >= 4 is 11.0 Å². The third-order valence-electron chi connectivity index (χ3n) is 4.72. The lowest BCUT2D eigenvalue weighted by Gasteiger charge is -2.26. The highest BCUT2D eigenvalue weighted by molar-refractivity contribution is 7.84. The Morgan fingerprint density at radius 2 is 2.04 bits per heavy atom. The Balaban J connectivity index is 1.91. The maximum atomic E-state index is 12.6. The number of benzene rings is 1. The first-order chi connectivity index (χ1) is 12.9. The van der Waals surface area contributed by atoms with Gasteiger partial charge in [0.2, 0.25) is 0 Å². The second kappa shape index (κ2) is 11.3. The molecular weight excluding hydrogens is 362 g/mol. The van der Waals surface area contributed by atoms with E-state index in [1.54, 1.807) is 0 Å². The monoisotopic (exact) mass is 397 g/mol. The highest BCUT2D eigenvalue weighted by atomic mass is 32.2. The van der Waals surface area contributed by atoms with Gasteiger partial charge in [-0.1, -0.05) is 24.3 Å². The van der Waals surface area contributed by atoms with E-state index in [0.717, 1.165) is 56.3 Å². The molecule has 2 unspecified atom stereocenters. The molecule has 1 heterocycles. The molecule has 1 aromatic rings. The van der Waals surface area contributed by atoms with E-state index in [2.05, 4.69) is 4.72 Å². The second-order valence-electron chi connectivity index (χ2n) is 8.14. The molecule has 0 bridgehead atoms. The van der Waals surface area contributed by atoms with Crippen molar-refractivity contribution < 1.29 is 18.8 Å². The van der Waals surface area contributed by atoms with Crippen LogP contribution in [0.3, 0.4) is 0 Å². The number of hydrogen-bond donors (Lipinski definition) is 2. The number of ether oxygens (including phenoxy) is 2. The molecule has 1 aliphatic heterocycles. The zero-order valence-electron chi connectivity index (χ0n) is 16.9. The predicted molar refractivity (Wildman–Crippen MR) is 110 cm³/mol. The van der Waals surface area contributed by atoms with Crippen molar-refractivity contribution in [3.05, 3.63) is 35.4 Å². The van der Waals surface area contributed by atoms with Crippen LogP contribution in [0.1, 0.15) is 64.0 Å². The van der Waals surface area contributed by atoms with E-state index in [9.17, 15) is 9.32 Å². The van der Waals surface area contributed by atoms with Gasteiger partial charge in [0.25, 0.3) is 0 Å². The summed E-state index contributed by atoms with van der Waals surface area (Å²) in [5, 5.41) is 9.59. The molecule has 27 heavy (non-hydrogen) atoms. The van der Waals surface area contributed by atoms with Gasteiger partial charge in [-0.2, -0.15) is 0 Å². The number of rotatable bonds is 10. The standard InChI is InChI=1S/C21H35NO4S/c1-21(2,3)27(24)22-19(15-17-9-4-5-10-18(17)16-23)11-8-14-26-20-12-6-7-13-25-20/h4-5,9-10,19-20,22-23H,6-8,11-16H2,1-3H3/t19-,20?,27?/m0/s1. The van der Waals surface area contributed by atoms with Crippen LogP contribution in [-0.2, 0) is 33.5 Å². The lowest BCUT2D eigenvalue weighted by molar-refractivity contribution is -0.162. The average molecular weight is 398 g/mol. The van der Waals surface area contributed by atoms with Gasteiger partial charge < -0.3 is 14.6 Å². The number of nitrogens with one attached hydrogen (secondary N) is 1. The van der Waals surface area contributed by atoms with Gasteiger partial charge >= 0.3 is 0 Å². The smallest absolute Gasteiger partial charge is 0.157 e. The van der Waals surface area contributed by atoms with Crippen LogP contribution in [0.4, 0.5) is 0 Å². The summed E-state index contributed by atoms with van der Waals surface area (Å²) in [6.45, 7) is 7.37. The van der Waals surface area contributed by atoms with Crippen LogP contribution in [-0.4, -0.2) is 39.6 Å². The fraction of sp³-hybridized carbons (Fsp3) is 0.714. The van der Waals surface area contributed by atoms with E-state index in [1.807, 2.05) is 45.0 Å². The van der Waals surface area contributed by atoms with Crippen LogP contribution in [0.2, 0.25) is 0 Å².